The van der Waals surface area contributed by atoms with Crippen molar-refractivity contribution < 1.29 is 20.7 Å². The van der Waals surface area contributed by atoms with E-state index in [0.717, 1.165) is 24.3 Å². The quantitative estimate of drug-likeness (QED) is 0.830. The first-order valence-corrected chi connectivity index (χ1v) is 8.04. The maximum atomic E-state index is 12.6. The second-order valence-electron chi connectivity index (χ2n) is 4.15. The van der Waals surface area contributed by atoms with Crippen molar-refractivity contribution in [2.45, 2.75) is 23.6 Å². The summed E-state index contributed by atoms with van der Waals surface area (Å²) in [7, 11) is -8.49. The van der Waals surface area contributed by atoms with Crippen LogP contribution < -0.4 is 4.72 Å². The first kappa shape index (κ1) is 15.1. The number of benzene rings is 1. The van der Waals surface area contributed by atoms with E-state index in [9.17, 15) is 20.7 Å². The molecule has 0 heterocycles. The van der Waals surface area contributed by atoms with E-state index in [1.165, 1.54) is 0 Å². The fourth-order valence-electron chi connectivity index (χ4n) is 1.14. The van der Waals surface area contributed by atoms with Gasteiger partial charge in [-0.15, -0.1) is 3.89 Å². The van der Waals surface area contributed by atoms with Crippen molar-refractivity contribution in [2.24, 2.45) is 5.92 Å². The van der Waals surface area contributed by atoms with E-state index < -0.39 is 25.1 Å². The lowest BCUT2D eigenvalue weighted by molar-refractivity contribution is 0.550. The van der Waals surface area contributed by atoms with Crippen molar-refractivity contribution in [1.82, 2.24) is 4.72 Å². The topological polar surface area (TPSA) is 80.3 Å². The molecule has 0 aliphatic carbocycles. The normalized spacial score (nSPS) is 12.9. The Kier molecular flexibility index (Phi) is 4.46. The Morgan fingerprint density at radius 3 is 1.89 bits per heavy atom. The minimum absolute atomic E-state index is 0.101. The molecular weight excluding hydrogens is 281 g/mol. The van der Waals surface area contributed by atoms with E-state index in [0.29, 0.717) is 0 Å². The third kappa shape index (κ3) is 4.04. The standard InChI is InChI=1S/C10H14FNO4S2/c1-8(2)7-12-18(15,16)10-5-3-9(4-6-10)17(11,13)14/h3-6,8,12H,7H2,1-2H3. The summed E-state index contributed by atoms with van der Waals surface area (Å²) in [6, 6.07) is 3.93. The lowest BCUT2D eigenvalue weighted by Gasteiger charge is -2.08. The first-order chi connectivity index (χ1) is 8.13. The summed E-state index contributed by atoms with van der Waals surface area (Å²) in [5, 5.41) is 0. The van der Waals surface area contributed by atoms with E-state index in [2.05, 4.69) is 4.72 Å². The number of halogens is 1. The van der Waals surface area contributed by atoms with Crippen LogP contribution in [-0.4, -0.2) is 23.4 Å². The zero-order valence-electron chi connectivity index (χ0n) is 9.92. The van der Waals surface area contributed by atoms with Crippen LogP contribution in [0.3, 0.4) is 0 Å². The molecule has 0 aliphatic heterocycles. The van der Waals surface area contributed by atoms with Crippen LogP contribution in [0.15, 0.2) is 34.1 Å². The first-order valence-electron chi connectivity index (χ1n) is 5.17. The lowest BCUT2D eigenvalue weighted by Crippen LogP contribution is -2.27. The van der Waals surface area contributed by atoms with Crippen molar-refractivity contribution >= 4 is 20.2 Å². The molecule has 0 fully saturated rings. The van der Waals surface area contributed by atoms with Gasteiger partial charge in [0.2, 0.25) is 10.0 Å². The molecule has 0 unspecified atom stereocenters. The van der Waals surface area contributed by atoms with Gasteiger partial charge in [-0.25, -0.2) is 13.1 Å². The second-order valence-corrected chi connectivity index (χ2v) is 7.27. The van der Waals surface area contributed by atoms with Crippen molar-refractivity contribution in [3.05, 3.63) is 24.3 Å². The number of hydrogen-bond donors (Lipinski definition) is 1. The van der Waals surface area contributed by atoms with Crippen LogP contribution in [0.1, 0.15) is 13.8 Å². The summed E-state index contributed by atoms with van der Waals surface area (Å²) in [5.74, 6) is 0.144. The molecule has 0 bridgehead atoms. The van der Waals surface area contributed by atoms with Crippen LogP contribution in [0.2, 0.25) is 0 Å². The molecule has 0 saturated heterocycles. The third-order valence-corrected chi connectivity index (χ3v) is 4.37. The van der Waals surface area contributed by atoms with E-state index in [-0.39, 0.29) is 17.4 Å². The maximum Gasteiger partial charge on any atom is 0.332 e. The van der Waals surface area contributed by atoms with Crippen LogP contribution in [0.5, 0.6) is 0 Å². The van der Waals surface area contributed by atoms with Gasteiger partial charge in [-0.3, -0.25) is 0 Å². The van der Waals surface area contributed by atoms with Crippen LogP contribution in [0.4, 0.5) is 3.89 Å². The summed E-state index contributed by atoms with van der Waals surface area (Å²) in [4.78, 5) is -0.666. The fraction of sp³-hybridized carbons (Fsp3) is 0.400. The van der Waals surface area contributed by atoms with Gasteiger partial charge in [0.25, 0.3) is 0 Å². The van der Waals surface area contributed by atoms with Gasteiger partial charge in [0, 0.05) is 6.54 Å². The van der Waals surface area contributed by atoms with E-state index in [1.807, 2.05) is 13.8 Å². The molecule has 0 amide bonds. The monoisotopic (exact) mass is 295 g/mol. The van der Waals surface area contributed by atoms with Gasteiger partial charge >= 0.3 is 10.2 Å². The van der Waals surface area contributed by atoms with Gasteiger partial charge in [-0.2, -0.15) is 8.42 Å². The molecule has 18 heavy (non-hydrogen) atoms. The highest BCUT2D eigenvalue weighted by Gasteiger charge is 2.17. The van der Waals surface area contributed by atoms with Gasteiger partial charge in [0.05, 0.1) is 9.79 Å². The lowest BCUT2D eigenvalue weighted by atomic mass is 10.2. The minimum Gasteiger partial charge on any atom is -0.211 e. The Morgan fingerprint density at radius 2 is 1.50 bits per heavy atom. The molecule has 8 heteroatoms. The van der Waals surface area contributed by atoms with Crippen molar-refractivity contribution in [1.29, 1.82) is 0 Å². The molecule has 1 rings (SSSR count). The molecule has 0 saturated carbocycles. The van der Waals surface area contributed by atoms with E-state index in [4.69, 9.17) is 0 Å². The summed E-state index contributed by atoms with van der Waals surface area (Å²) in [5.41, 5.74) is 0. The Morgan fingerprint density at radius 1 is 1.06 bits per heavy atom. The summed E-state index contributed by atoms with van der Waals surface area (Å²) in [6.45, 7) is 3.97. The minimum atomic E-state index is -4.81. The van der Waals surface area contributed by atoms with Crippen LogP contribution in [0, 0.1) is 5.92 Å². The van der Waals surface area contributed by atoms with Gasteiger partial charge in [0.1, 0.15) is 0 Å². The largest absolute Gasteiger partial charge is 0.332 e. The molecule has 0 aliphatic rings. The molecular formula is C10H14FNO4S2. The summed E-state index contributed by atoms with van der Waals surface area (Å²) < 4.78 is 59.6. The zero-order valence-corrected chi connectivity index (χ0v) is 11.6. The molecule has 1 aromatic rings. The third-order valence-electron chi connectivity index (χ3n) is 2.10. The molecule has 102 valence electrons. The predicted octanol–water partition coefficient (Wildman–Crippen LogP) is 1.28. The number of rotatable bonds is 5. The average Bonchev–Trinajstić information content (AvgIpc) is 2.26. The second kappa shape index (κ2) is 5.33. The van der Waals surface area contributed by atoms with Crippen molar-refractivity contribution in [3.8, 4) is 0 Å². The highest BCUT2D eigenvalue weighted by Crippen LogP contribution is 2.16. The smallest absolute Gasteiger partial charge is 0.211 e. The Bertz CT molecular complexity index is 606. The Balaban J connectivity index is 2.98. The zero-order chi connectivity index (χ0) is 14.0. The maximum absolute atomic E-state index is 12.6. The number of hydrogen-bond acceptors (Lipinski definition) is 4. The molecule has 0 atom stereocenters. The van der Waals surface area contributed by atoms with Gasteiger partial charge in [0.15, 0.2) is 0 Å². The predicted molar refractivity (Wildman–Crippen MR) is 64.8 cm³/mol. The van der Waals surface area contributed by atoms with Gasteiger partial charge in [-0.05, 0) is 30.2 Å². The van der Waals surface area contributed by atoms with Crippen molar-refractivity contribution in [3.63, 3.8) is 0 Å². The van der Waals surface area contributed by atoms with E-state index >= 15 is 0 Å². The molecule has 0 spiro atoms. The SMILES string of the molecule is CC(C)CNS(=O)(=O)c1ccc(S(=O)(=O)F)cc1. The van der Waals surface area contributed by atoms with Crippen molar-refractivity contribution in [2.75, 3.05) is 6.54 Å². The summed E-state index contributed by atoms with van der Waals surface area (Å²) in [6.07, 6.45) is 0. The van der Waals surface area contributed by atoms with Crippen LogP contribution in [0.25, 0.3) is 0 Å². The summed E-state index contributed by atoms with van der Waals surface area (Å²) >= 11 is 0. The average molecular weight is 295 g/mol. The van der Waals surface area contributed by atoms with Crippen LogP contribution >= 0.6 is 0 Å². The van der Waals surface area contributed by atoms with Gasteiger partial charge < -0.3 is 0 Å². The number of sulfonamides is 1. The molecule has 1 N–H and O–H groups in total. The molecule has 0 aromatic heterocycles. The molecule has 5 nitrogen and oxygen atoms in total. The Labute approximate surface area is 106 Å². The fourth-order valence-corrected chi connectivity index (χ4v) is 2.82. The molecule has 1 aromatic carbocycles. The van der Waals surface area contributed by atoms with Gasteiger partial charge in [-0.1, -0.05) is 13.8 Å². The van der Waals surface area contributed by atoms with E-state index in [1.54, 1.807) is 0 Å². The Hall–Kier alpha value is -0.990. The molecule has 0 radical (unpaired) electrons. The highest BCUT2D eigenvalue weighted by atomic mass is 32.3. The number of nitrogens with one attached hydrogen (secondary N) is 1. The van der Waals surface area contributed by atoms with Crippen LogP contribution in [-0.2, 0) is 20.2 Å². The highest BCUT2D eigenvalue weighted by molar-refractivity contribution is 7.89.